The lowest BCUT2D eigenvalue weighted by Crippen LogP contribution is -2.37. The van der Waals surface area contributed by atoms with Gasteiger partial charge < -0.3 is 19.0 Å². The SMILES string of the molecule is Cc1cccc(-c2nnc(-c3ccc(C(=O)N4CCCN(C(=O)OCC(C)C)CC4)cc3)o2)c1. The number of nitrogens with zero attached hydrogens (tertiary/aromatic N) is 4. The predicted molar refractivity (Wildman–Crippen MR) is 128 cm³/mol. The molecule has 2 aromatic carbocycles. The molecule has 4 rings (SSSR count). The van der Waals surface area contributed by atoms with Crippen LogP contribution in [-0.2, 0) is 4.74 Å². The van der Waals surface area contributed by atoms with E-state index in [0.717, 1.165) is 16.7 Å². The lowest BCUT2D eigenvalue weighted by Gasteiger charge is -2.22. The van der Waals surface area contributed by atoms with Crippen molar-refractivity contribution < 1.29 is 18.7 Å². The zero-order valence-electron chi connectivity index (χ0n) is 19.9. The first kappa shape index (κ1) is 23.5. The minimum Gasteiger partial charge on any atom is -0.449 e. The van der Waals surface area contributed by atoms with Gasteiger partial charge in [-0.1, -0.05) is 31.5 Å². The molecule has 8 nitrogen and oxygen atoms in total. The van der Waals surface area contributed by atoms with E-state index in [-0.39, 0.29) is 12.0 Å². The highest BCUT2D eigenvalue weighted by Gasteiger charge is 2.24. The van der Waals surface area contributed by atoms with Crippen LogP contribution in [0.5, 0.6) is 0 Å². The molecule has 1 fully saturated rings. The van der Waals surface area contributed by atoms with Crippen LogP contribution in [0.2, 0.25) is 0 Å². The van der Waals surface area contributed by atoms with E-state index >= 15 is 0 Å². The Hall–Kier alpha value is -3.68. The summed E-state index contributed by atoms with van der Waals surface area (Å²) in [5.74, 6) is 1.09. The number of hydrogen-bond donors (Lipinski definition) is 0. The lowest BCUT2D eigenvalue weighted by molar-refractivity contribution is 0.0746. The first-order valence-electron chi connectivity index (χ1n) is 11.6. The topological polar surface area (TPSA) is 88.8 Å². The molecule has 0 aliphatic carbocycles. The molecule has 3 aromatic rings. The molecule has 1 aliphatic rings. The zero-order chi connectivity index (χ0) is 24.1. The summed E-state index contributed by atoms with van der Waals surface area (Å²) in [6.07, 6.45) is 0.404. The van der Waals surface area contributed by atoms with Crippen LogP contribution < -0.4 is 0 Å². The summed E-state index contributed by atoms with van der Waals surface area (Å²) >= 11 is 0. The highest BCUT2D eigenvalue weighted by Crippen LogP contribution is 2.25. The Morgan fingerprint density at radius 1 is 0.941 bits per heavy atom. The van der Waals surface area contributed by atoms with E-state index < -0.39 is 0 Å². The maximum absolute atomic E-state index is 13.1. The summed E-state index contributed by atoms with van der Waals surface area (Å²) < 4.78 is 11.2. The summed E-state index contributed by atoms with van der Waals surface area (Å²) in [6.45, 7) is 8.53. The standard InChI is InChI=1S/C26H30N4O4/c1-18(2)17-33-26(32)30-13-5-12-29(14-15-30)25(31)21-10-8-20(9-11-21)23-27-28-24(34-23)22-7-4-6-19(3)16-22/h4,6-11,16,18H,5,12-15,17H2,1-3H3. The van der Waals surface area contributed by atoms with E-state index in [0.29, 0.717) is 62.5 Å². The van der Waals surface area contributed by atoms with Gasteiger partial charge in [-0.3, -0.25) is 4.79 Å². The third-order valence-electron chi connectivity index (χ3n) is 5.65. The fraction of sp³-hybridized carbons (Fsp3) is 0.385. The summed E-state index contributed by atoms with van der Waals surface area (Å²) in [5.41, 5.74) is 3.31. The van der Waals surface area contributed by atoms with Crippen LogP contribution in [0.25, 0.3) is 22.9 Å². The molecule has 0 spiro atoms. The van der Waals surface area contributed by atoms with Crippen LogP contribution in [0.15, 0.2) is 52.9 Å². The van der Waals surface area contributed by atoms with Crippen molar-refractivity contribution in [2.45, 2.75) is 27.2 Å². The van der Waals surface area contributed by atoms with Crippen LogP contribution in [0.1, 0.15) is 36.2 Å². The smallest absolute Gasteiger partial charge is 0.409 e. The van der Waals surface area contributed by atoms with E-state index in [1.165, 1.54) is 0 Å². The molecule has 0 bridgehead atoms. The highest BCUT2D eigenvalue weighted by molar-refractivity contribution is 5.94. The summed E-state index contributed by atoms with van der Waals surface area (Å²) in [5, 5.41) is 8.31. The van der Waals surface area contributed by atoms with E-state index in [1.807, 2.05) is 57.2 Å². The average Bonchev–Trinajstić information content (AvgIpc) is 3.20. The zero-order valence-corrected chi connectivity index (χ0v) is 19.9. The number of carbonyl (C=O) groups excluding carboxylic acids is 2. The van der Waals surface area contributed by atoms with Crippen molar-refractivity contribution in [1.82, 2.24) is 20.0 Å². The third kappa shape index (κ3) is 5.62. The second-order valence-corrected chi connectivity index (χ2v) is 8.96. The van der Waals surface area contributed by atoms with Crippen molar-refractivity contribution in [3.8, 4) is 22.9 Å². The van der Waals surface area contributed by atoms with Crippen LogP contribution in [0.4, 0.5) is 4.79 Å². The summed E-state index contributed by atoms with van der Waals surface area (Å²) in [6, 6.07) is 15.1. The van der Waals surface area contributed by atoms with Crippen LogP contribution in [-0.4, -0.2) is 64.8 Å². The second kappa shape index (κ2) is 10.5. The number of aryl methyl sites for hydroxylation is 1. The van der Waals surface area contributed by atoms with Gasteiger partial charge in [0.1, 0.15) is 0 Å². The molecule has 1 aliphatic heterocycles. The van der Waals surface area contributed by atoms with Crippen LogP contribution in [0.3, 0.4) is 0 Å². The quantitative estimate of drug-likeness (QED) is 0.548. The van der Waals surface area contributed by atoms with Crippen molar-refractivity contribution in [2.75, 3.05) is 32.8 Å². The number of aromatic nitrogens is 2. The molecule has 0 N–H and O–H groups in total. The molecule has 2 amide bonds. The van der Waals surface area contributed by atoms with E-state index in [9.17, 15) is 9.59 Å². The Kier molecular flexibility index (Phi) is 7.25. The van der Waals surface area contributed by atoms with Gasteiger partial charge in [0.25, 0.3) is 5.91 Å². The van der Waals surface area contributed by atoms with Crippen molar-refractivity contribution in [2.24, 2.45) is 5.92 Å². The van der Waals surface area contributed by atoms with Gasteiger partial charge in [-0.15, -0.1) is 10.2 Å². The van der Waals surface area contributed by atoms with Gasteiger partial charge >= 0.3 is 6.09 Å². The highest BCUT2D eigenvalue weighted by atomic mass is 16.6. The van der Waals surface area contributed by atoms with Crippen LogP contribution >= 0.6 is 0 Å². The summed E-state index contributed by atoms with van der Waals surface area (Å²) in [7, 11) is 0. The van der Waals surface area contributed by atoms with Gasteiger partial charge in [0, 0.05) is 42.9 Å². The number of carbonyl (C=O) groups is 2. The molecule has 178 valence electrons. The van der Waals surface area contributed by atoms with Gasteiger partial charge in [0.15, 0.2) is 0 Å². The molecule has 2 heterocycles. The van der Waals surface area contributed by atoms with Crippen LogP contribution in [0, 0.1) is 12.8 Å². The number of amides is 2. The molecular weight excluding hydrogens is 432 g/mol. The molecule has 0 saturated carbocycles. The number of benzene rings is 2. The Bertz CT molecular complexity index is 1140. The molecule has 0 radical (unpaired) electrons. The Balaban J connectivity index is 1.38. The average molecular weight is 463 g/mol. The fourth-order valence-corrected chi connectivity index (χ4v) is 3.80. The van der Waals surface area contributed by atoms with E-state index in [2.05, 4.69) is 10.2 Å². The minimum atomic E-state index is -0.308. The lowest BCUT2D eigenvalue weighted by atomic mass is 10.1. The monoisotopic (exact) mass is 462 g/mol. The van der Waals surface area contributed by atoms with Crippen molar-refractivity contribution >= 4 is 12.0 Å². The first-order chi connectivity index (χ1) is 16.4. The normalized spacial score (nSPS) is 14.2. The van der Waals surface area contributed by atoms with Gasteiger partial charge in [0.2, 0.25) is 11.8 Å². The molecule has 0 unspecified atom stereocenters. The molecule has 1 saturated heterocycles. The molecule has 0 atom stereocenters. The predicted octanol–water partition coefficient (Wildman–Crippen LogP) is 4.65. The maximum atomic E-state index is 13.1. The first-order valence-corrected chi connectivity index (χ1v) is 11.6. The molecular formula is C26H30N4O4. The Labute approximate surface area is 199 Å². The maximum Gasteiger partial charge on any atom is 0.409 e. The second-order valence-electron chi connectivity index (χ2n) is 8.96. The molecule has 1 aromatic heterocycles. The van der Waals surface area contributed by atoms with Crippen molar-refractivity contribution in [3.63, 3.8) is 0 Å². The third-order valence-corrected chi connectivity index (χ3v) is 5.65. The Morgan fingerprint density at radius 3 is 2.32 bits per heavy atom. The Morgan fingerprint density at radius 2 is 1.62 bits per heavy atom. The van der Waals surface area contributed by atoms with Gasteiger partial charge in [-0.2, -0.15) is 0 Å². The minimum absolute atomic E-state index is 0.0603. The number of ether oxygens (including phenoxy) is 1. The molecule has 34 heavy (non-hydrogen) atoms. The van der Waals surface area contributed by atoms with Gasteiger partial charge in [-0.05, 0) is 55.7 Å². The van der Waals surface area contributed by atoms with Crippen molar-refractivity contribution in [3.05, 3.63) is 59.7 Å². The van der Waals surface area contributed by atoms with Crippen molar-refractivity contribution in [1.29, 1.82) is 0 Å². The largest absolute Gasteiger partial charge is 0.449 e. The van der Waals surface area contributed by atoms with Gasteiger partial charge in [0.05, 0.1) is 6.61 Å². The summed E-state index contributed by atoms with van der Waals surface area (Å²) in [4.78, 5) is 28.8. The van der Waals surface area contributed by atoms with E-state index in [4.69, 9.17) is 9.15 Å². The fourth-order valence-electron chi connectivity index (χ4n) is 3.80. The number of rotatable bonds is 5. The van der Waals surface area contributed by atoms with Gasteiger partial charge in [-0.25, -0.2) is 4.79 Å². The van der Waals surface area contributed by atoms with E-state index in [1.54, 1.807) is 21.9 Å². The molecule has 8 heteroatoms. The number of hydrogen-bond acceptors (Lipinski definition) is 6.